The van der Waals surface area contributed by atoms with Gasteiger partial charge in [-0.3, -0.25) is 4.79 Å². The molecule has 0 aliphatic carbocycles. The molecule has 1 aliphatic rings. The van der Waals surface area contributed by atoms with E-state index < -0.39 is 0 Å². The van der Waals surface area contributed by atoms with Crippen LogP contribution in [0.4, 0.5) is 5.69 Å². The summed E-state index contributed by atoms with van der Waals surface area (Å²) in [5.41, 5.74) is 2.59. The van der Waals surface area contributed by atoms with Crippen molar-refractivity contribution in [2.24, 2.45) is 0 Å². The Morgan fingerprint density at radius 3 is 2.19 bits per heavy atom. The number of hydrogen-bond acceptors (Lipinski definition) is 5. The minimum Gasteiger partial charge on any atom is -0.496 e. The molecule has 0 N–H and O–H groups in total. The lowest BCUT2D eigenvalue weighted by atomic mass is 9.91. The van der Waals surface area contributed by atoms with Gasteiger partial charge in [-0.1, -0.05) is 13.0 Å². The SMILES string of the molecule is COc1ccc(C(C)C(=O)c2ccc(N3CCCC3)cc2OC)cc1OC. The number of rotatable bonds is 7. The molecule has 1 fully saturated rings. The van der Waals surface area contributed by atoms with Gasteiger partial charge in [-0.25, -0.2) is 0 Å². The molecule has 1 atom stereocenters. The first-order valence-corrected chi connectivity index (χ1v) is 9.28. The van der Waals surface area contributed by atoms with E-state index in [9.17, 15) is 4.79 Å². The first-order chi connectivity index (χ1) is 13.1. The van der Waals surface area contributed by atoms with Gasteiger partial charge < -0.3 is 19.1 Å². The summed E-state index contributed by atoms with van der Waals surface area (Å²) in [5.74, 6) is 1.58. The summed E-state index contributed by atoms with van der Waals surface area (Å²) in [5, 5.41) is 0. The number of ether oxygens (including phenoxy) is 3. The predicted octanol–water partition coefficient (Wildman–Crippen LogP) is 4.30. The van der Waals surface area contributed by atoms with Gasteiger partial charge in [-0.2, -0.15) is 0 Å². The van der Waals surface area contributed by atoms with Crippen molar-refractivity contribution in [1.29, 1.82) is 0 Å². The maximum absolute atomic E-state index is 13.1. The van der Waals surface area contributed by atoms with Gasteiger partial charge in [0.1, 0.15) is 5.75 Å². The van der Waals surface area contributed by atoms with E-state index in [4.69, 9.17) is 14.2 Å². The number of carbonyl (C=O) groups is 1. The molecule has 2 aromatic rings. The Bertz CT molecular complexity index is 812. The van der Waals surface area contributed by atoms with Crippen LogP contribution in [0.25, 0.3) is 0 Å². The number of carbonyl (C=O) groups excluding carboxylic acids is 1. The summed E-state index contributed by atoms with van der Waals surface area (Å²) < 4.78 is 16.2. The second kappa shape index (κ2) is 8.33. The standard InChI is InChI=1S/C22H27NO4/c1-15(16-7-10-19(25-2)21(13-16)27-4)22(24)18-9-8-17(14-20(18)26-3)23-11-5-6-12-23/h7-10,13-15H,5-6,11-12H2,1-4H3. The van der Waals surface area contributed by atoms with Gasteiger partial charge in [0.25, 0.3) is 0 Å². The van der Waals surface area contributed by atoms with Crippen molar-refractivity contribution in [2.45, 2.75) is 25.7 Å². The highest BCUT2D eigenvalue weighted by Gasteiger charge is 2.23. The molecular formula is C22H27NO4. The molecule has 0 radical (unpaired) electrons. The zero-order chi connectivity index (χ0) is 19.4. The average Bonchev–Trinajstić information content (AvgIpc) is 3.26. The van der Waals surface area contributed by atoms with E-state index in [0.717, 1.165) is 24.3 Å². The van der Waals surface area contributed by atoms with Crippen LogP contribution in [0.2, 0.25) is 0 Å². The number of benzene rings is 2. The fourth-order valence-corrected chi connectivity index (χ4v) is 3.56. The van der Waals surface area contributed by atoms with Crippen molar-refractivity contribution in [3.05, 3.63) is 47.5 Å². The van der Waals surface area contributed by atoms with Crippen LogP contribution < -0.4 is 19.1 Å². The molecule has 1 heterocycles. The highest BCUT2D eigenvalue weighted by molar-refractivity contribution is 6.03. The smallest absolute Gasteiger partial charge is 0.173 e. The summed E-state index contributed by atoms with van der Waals surface area (Å²) >= 11 is 0. The van der Waals surface area contributed by atoms with E-state index in [1.807, 2.05) is 43.3 Å². The normalized spacial score (nSPS) is 14.7. The van der Waals surface area contributed by atoms with E-state index in [1.54, 1.807) is 21.3 Å². The highest BCUT2D eigenvalue weighted by atomic mass is 16.5. The molecular weight excluding hydrogens is 342 g/mol. The van der Waals surface area contributed by atoms with Crippen LogP contribution >= 0.6 is 0 Å². The van der Waals surface area contributed by atoms with Crippen LogP contribution in [-0.2, 0) is 0 Å². The lowest BCUT2D eigenvalue weighted by Gasteiger charge is -2.20. The van der Waals surface area contributed by atoms with Crippen molar-refractivity contribution in [2.75, 3.05) is 39.3 Å². The van der Waals surface area contributed by atoms with Crippen LogP contribution in [-0.4, -0.2) is 40.2 Å². The molecule has 0 saturated carbocycles. The Hall–Kier alpha value is -2.69. The third kappa shape index (κ3) is 3.87. The molecule has 5 heteroatoms. The van der Waals surface area contributed by atoms with Crippen molar-refractivity contribution in [1.82, 2.24) is 0 Å². The van der Waals surface area contributed by atoms with Gasteiger partial charge in [-0.05, 0) is 42.7 Å². The maximum Gasteiger partial charge on any atom is 0.173 e. The number of hydrogen-bond donors (Lipinski definition) is 0. The summed E-state index contributed by atoms with van der Waals surface area (Å²) in [4.78, 5) is 15.5. The lowest BCUT2D eigenvalue weighted by molar-refractivity contribution is 0.0963. The topological polar surface area (TPSA) is 48.0 Å². The fourth-order valence-electron chi connectivity index (χ4n) is 3.56. The number of nitrogens with zero attached hydrogens (tertiary/aromatic N) is 1. The largest absolute Gasteiger partial charge is 0.496 e. The zero-order valence-electron chi connectivity index (χ0n) is 16.5. The number of Topliss-reactive ketones (excluding diaryl/α,β-unsaturated/α-hetero) is 1. The predicted molar refractivity (Wildman–Crippen MR) is 107 cm³/mol. The Morgan fingerprint density at radius 2 is 1.56 bits per heavy atom. The summed E-state index contributed by atoms with van der Waals surface area (Å²) in [6.07, 6.45) is 2.42. The van der Waals surface area contributed by atoms with Gasteiger partial charge >= 0.3 is 0 Å². The molecule has 0 bridgehead atoms. The monoisotopic (exact) mass is 369 g/mol. The summed E-state index contributed by atoms with van der Waals surface area (Å²) in [6.45, 7) is 4.01. The van der Waals surface area contributed by atoms with Crippen molar-refractivity contribution < 1.29 is 19.0 Å². The van der Waals surface area contributed by atoms with Gasteiger partial charge in [0.2, 0.25) is 0 Å². The van der Waals surface area contributed by atoms with Crippen LogP contribution in [0.15, 0.2) is 36.4 Å². The molecule has 1 unspecified atom stereocenters. The maximum atomic E-state index is 13.1. The van der Waals surface area contributed by atoms with Gasteiger partial charge in [0.15, 0.2) is 17.3 Å². The minimum absolute atomic E-state index is 0.0204. The first-order valence-electron chi connectivity index (χ1n) is 9.28. The van der Waals surface area contributed by atoms with Gasteiger partial charge in [-0.15, -0.1) is 0 Å². The van der Waals surface area contributed by atoms with Gasteiger partial charge in [0, 0.05) is 30.8 Å². The van der Waals surface area contributed by atoms with Crippen molar-refractivity contribution >= 4 is 11.5 Å². The molecule has 27 heavy (non-hydrogen) atoms. The quantitative estimate of drug-likeness (QED) is 0.681. The third-order valence-corrected chi connectivity index (χ3v) is 5.22. The minimum atomic E-state index is -0.323. The summed E-state index contributed by atoms with van der Waals surface area (Å²) in [7, 11) is 4.80. The molecule has 0 aromatic heterocycles. The highest BCUT2D eigenvalue weighted by Crippen LogP contribution is 2.34. The lowest BCUT2D eigenvalue weighted by Crippen LogP contribution is -2.18. The number of methoxy groups -OCH3 is 3. The average molecular weight is 369 g/mol. The molecule has 144 valence electrons. The molecule has 1 saturated heterocycles. The second-order valence-corrected chi connectivity index (χ2v) is 6.78. The van der Waals surface area contributed by atoms with Gasteiger partial charge in [0.05, 0.1) is 26.9 Å². The molecule has 3 rings (SSSR count). The number of ketones is 1. The van der Waals surface area contributed by atoms with Crippen molar-refractivity contribution in [3.8, 4) is 17.2 Å². The van der Waals surface area contributed by atoms with Crippen molar-refractivity contribution in [3.63, 3.8) is 0 Å². The number of anilines is 1. The van der Waals surface area contributed by atoms with Crippen LogP contribution in [0.3, 0.4) is 0 Å². The Kier molecular flexibility index (Phi) is 5.89. The van der Waals surface area contributed by atoms with E-state index in [2.05, 4.69) is 4.90 Å². The molecule has 0 amide bonds. The summed E-state index contributed by atoms with van der Waals surface area (Å²) in [6, 6.07) is 11.4. The first kappa shape index (κ1) is 19.1. The zero-order valence-corrected chi connectivity index (χ0v) is 16.5. The fraction of sp³-hybridized carbons (Fsp3) is 0.409. The Balaban J connectivity index is 1.88. The second-order valence-electron chi connectivity index (χ2n) is 6.78. The van der Waals surface area contributed by atoms with Crippen LogP contribution in [0, 0.1) is 0 Å². The molecule has 1 aliphatic heterocycles. The molecule has 2 aromatic carbocycles. The van der Waals surface area contributed by atoms with E-state index in [1.165, 1.54) is 12.8 Å². The van der Waals surface area contributed by atoms with E-state index in [-0.39, 0.29) is 11.7 Å². The van der Waals surface area contributed by atoms with Crippen LogP contribution in [0.1, 0.15) is 41.6 Å². The third-order valence-electron chi connectivity index (χ3n) is 5.22. The van der Waals surface area contributed by atoms with E-state index in [0.29, 0.717) is 22.8 Å². The Labute approximate surface area is 160 Å². The van der Waals surface area contributed by atoms with E-state index >= 15 is 0 Å². The Morgan fingerprint density at radius 1 is 0.889 bits per heavy atom. The molecule has 5 nitrogen and oxygen atoms in total. The van der Waals surface area contributed by atoms with Crippen LogP contribution in [0.5, 0.6) is 17.2 Å². The molecule has 0 spiro atoms.